The van der Waals surface area contributed by atoms with Crippen LogP contribution in [0.3, 0.4) is 0 Å². The van der Waals surface area contributed by atoms with E-state index in [1.807, 2.05) is 24.4 Å². The molecule has 3 heterocycles. The van der Waals surface area contributed by atoms with Crippen LogP contribution in [0.15, 0.2) is 170 Å². The molecule has 0 radical (unpaired) electrons. The van der Waals surface area contributed by atoms with Crippen molar-refractivity contribution in [1.29, 1.82) is 0 Å². The molecule has 5 nitrogen and oxygen atoms in total. The normalized spacial score (nSPS) is 12.0. The molecule has 0 unspecified atom stereocenters. The van der Waals surface area contributed by atoms with E-state index in [1.54, 1.807) is 6.07 Å². The van der Waals surface area contributed by atoms with Crippen molar-refractivity contribution in [1.82, 2.24) is 19.1 Å². The molecule has 0 amide bonds. The quantitative estimate of drug-likeness (QED) is 0.169. The van der Waals surface area contributed by atoms with Crippen molar-refractivity contribution in [2.45, 2.75) is 52.4 Å². The second-order valence-electron chi connectivity index (χ2n) is 18.0. The Labute approximate surface area is 377 Å². The summed E-state index contributed by atoms with van der Waals surface area (Å²) in [7, 11) is 0. The van der Waals surface area contributed by atoms with Crippen molar-refractivity contribution in [3.8, 4) is 62.0 Å². The SMILES string of the molecule is CC(C)(C)c1cc(-c2cccc3c2nc(-c2ccccc2O)n3-c2ccc(C(C)(C)C)cc2-c2ccccc2)[c-]c(-c2nccc3c4ccccc4n(-c4ccccc4)c23)c1.[Pt]. The molecule has 6 heteroatoms. The Morgan fingerprint density at radius 3 is 1.92 bits per heavy atom. The molecule has 308 valence electrons. The Bertz CT molecular complexity index is 3280. The first-order valence-corrected chi connectivity index (χ1v) is 21.0. The molecule has 62 heavy (non-hydrogen) atoms. The summed E-state index contributed by atoms with van der Waals surface area (Å²) in [4.78, 5) is 10.6. The molecule has 0 aliphatic rings. The van der Waals surface area contributed by atoms with Crippen LogP contribution >= 0.6 is 0 Å². The van der Waals surface area contributed by atoms with E-state index in [0.717, 1.165) is 72.3 Å². The predicted molar refractivity (Wildman–Crippen MR) is 253 cm³/mol. The van der Waals surface area contributed by atoms with Gasteiger partial charge in [-0.25, -0.2) is 4.98 Å². The van der Waals surface area contributed by atoms with E-state index in [-0.39, 0.29) is 37.6 Å². The van der Waals surface area contributed by atoms with Crippen LogP contribution in [0.2, 0.25) is 0 Å². The fourth-order valence-electron chi connectivity index (χ4n) is 8.68. The minimum atomic E-state index is -0.188. The summed E-state index contributed by atoms with van der Waals surface area (Å²) >= 11 is 0. The molecule has 7 aromatic carbocycles. The second-order valence-corrected chi connectivity index (χ2v) is 18.0. The number of benzene rings is 7. The number of hydrogen-bond acceptors (Lipinski definition) is 3. The molecule has 0 saturated heterocycles. The number of rotatable bonds is 6. The number of para-hydroxylation sites is 4. The van der Waals surface area contributed by atoms with Crippen LogP contribution in [0.5, 0.6) is 5.75 Å². The van der Waals surface area contributed by atoms with E-state index in [1.165, 1.54) is 16.5 Å². The Morgan fingerprint density at radius 1 is 0.532 bits per heavy atom. The zero-order valence-electron chi connectivity index (χ0n) is 35.7. The first-order valence-electron chi connectivity index (χ1n) is 21.0. The van der Waals surface area contributed by atoms with E-state index < -0.39 is 0 Å². The molecule has 0 aliphatic carbocycles. The molecule has 3 aromatic heterocycles. The van der Waals surface area contributed by atoms with Crippen molar-refractivity contribution < 1.29 is 26.2 Å². The molecule has 0 saturated carbocycles. The van der Waals surface area contributed by atoms with E-state index >= 15 is 0 Å². The number of aromatic nitrogens is 4. The number of pyridine rings is 1. The summed E-state index contributed by atoms with van der Waals surface area (Å²) in [6, 6.07) is 60.8. The topological polar surface area (TPSA) is 55.9 Å². The summed E-state index contributed by atoms with van der Waals surface area (Å²) in [6.07, 6.45) is 1.92. The molecular weight excluding hydrogens is 940 g/mol. The number of nitrogens with zero attached hydrogens (tertiary/aromatic N) is 4. The third-order valence-electron chi connectivity index (χ3n) is 11.9. The number of fused-ring (bicyclic) bond motifs is 4. The first kappa shape index (κ1) is 40.8. The van der Waals surface area contributed by atoms with Crippen molar-refractivity contribution in [2.24, 2.45) is 0 Å². The monoisotopic (exact) mass is 986 g/mol. The predicted octanol–water partition coefficient (Wildman–Crippen LogP) is 14.3. The van der Waals surface area contributed by atoms with Crippen LogP contribution in [0.4, 0.5) is 0 Å². The molecule has 0 atom stereocenters. The van der Waals surface area contributed by atoms with Gasteiger partial charge in [0.1, 0.15) is 11.6 Å². The number of hydrogen-bond donors (Lipinski definition) is 1. The average Bonchev–Trinajstić information content (AvgIpc) is 3.82. The third-order valence-corrected chi connectivity index (χ3v) is 11.9. The van der Waals surface area contributed by atoms with E-state index in [9.17, 15) is 5.11 Å². The van der Waals surface area contributed by atoms with Gasteiger partial charge in [-0.15, -0.1) is 29.3 Å². The summed E-state index contributed by atoms with van der Waals surface area (Å²) in [6.45, 7) is 13.5. The van der Waals surface area contributed by atoms with Crippen molar-refractivity contribution in [3.63, 3.8) is 0 Å². The Morgan fingerprint density at radius 2 is 1.18 bits per heavy atom. The molecule has 1 N–H and O–H groups in total. The van der Waals surface area contributed by atoms with Crippen LogP contribution in [-0.4, -0.2) is 24.2 Å². The Kier molecular flexibility index (Phi) is 10.4. The zero-order chi connectivity index (χ0) is 42.0. The van der Waals surface area contributed by atoms with Crippen molar-refractivity contribution >= 4 is 32.8 Å². The number of aromatic hydroxyl groups is 1. The van der Waals surface area contributed by atoms with Crippen LogP contribution in [-0.2, 0) is 31.9 Å². The fourth-order valence-corrected chi connectivity index (χ4v) is 8.68. The van der Waals surface area contributed by atoms with Gasteiger partial charge in [-0.2, -0.15) is 0 Å². The van der Waals surface area contributed by atoms with Gasteiger partial charge in [0.05, 0.1) is 27.8 Å². The number of phenolic OH excluding ortho intramolecular Hbond substituents is 1. The van der Waals surface area contributed by atoms with E-state index in [4.69, 9.17) is 9.97 Å². The molecular formula is C56H47N4OPt-. The van der Waals surface area contributed by atoms with Gasteiger partial charge in [0.15, 0.2) is 0 Å². The van der Waals surface area contributed by atoms with Gasteiger partial charge >= 0.3 is 0 Å². The molecule has 0 spiro atoms. The number of phenols is 1. The van der Waals surface area contributed by atoms with Crippen LogP contribution in [0, 0.1) is 6.07 Å². The van der Waals surface area contributed by atoms with Gasteiger partial charge < -0.3 is 9.67 Å². The van der Waals surface area contributed by atoms with E-state index in [2.05, 4.69) is 196 Å². The van der Waals surface area contributed by atoms with Gasteiger partial charge in [-0.1, -0.05) is 150 Å². The Hall–Kier alpha value is -6.55. The summed E-state index contributed by atoms with van der Waals surface area (Å²) < 4.78 is 4.55. The molecule has 0 bridgehead atoms. The largest absolute Gasteiger partial charge is 0.507 e. The van der Waals surface area contributed by atoms with Gasteiger partial charge in [-0.05, 0) is 76.6 Å². The third kappa shape index (κ3) is 7.05. The second kappa shape index (κ2) is 15.7. The Balaban J connectivity index is 0.00000490. The first-order chi connectivity index (χ1) is 29.5. The minimum absolute atomic E-state index is 0. The maximum Gasteiger partial charge on any atom is 0.148 e. The van der Waals surface area contributed by atoms with Gasteiger partial charge in [0.2, 0.25) is 0 Å². The molecule has 0 fully saturated rings. The van der Waals surface area contributed by atoms with Gasteiger partial charge in [0, 0.05) is 60.5 Å². The van der Waals surface area contributed by atoms with Gasteiger partial charge in [0.25, 0.3) is 0 Å². The van der Waals surface area contributed by atoms with Crippen molar-refractivity contribution in [3.05, 3.63) is 187 Å². The molecule has 10 rings (SSSR count). The minimum Gasteiger partial charge on any atom is -0.507 e. The molecule has 10 aromatic rings. The van der Waals surface area contributed by atoms with Crippen LogP contribution in [0.1, 0.15) is 52.7 Å². The van der Waals surface area contributed by atoms with Crippen molar-refractivity contribution in [2.75, 3.05) is 0 Å². The smallest absolute Gasteiger partial charge is 0.148 e. The van der Waals surface area contributed by atoms with Crippen LogP contribution in [0.25, 0.3) is 89.1 Å². The standard InChI is InChI=1S/C56H47N4O.Pt/c1-55(2,3)39-28-29-48(46(35-39)36-18-9-7-10-19-36)60-49-26-17-24-42(52(49)58-54(60)45-23-14-16-27-50(45)61)37-32-38(34-40(33-37)56(4,5)6)51-53-44(30-31-57-51)43-22-13-15-25-47(43)59(53)41-20-11-8-12-21-41;/h7-31,33-35,61H,1-6H3;/q-1;. The van der Waals surface area contributed by atoms with Crippen LogP contribution < -0.4 is 0 Å². The summed E-state index contributed by atoms with van der Waals surface area (Å²) in [5.41, 5.74) is 14.6. The zero-order valence-corrected chi connectivity index (χ0v) is 38.0. The molecule has 0 aliphatic heterocycles. The summed E-state index contributed by atoms with van der Waals surface area (Å²) in [5, 5.41) is 13.8. The van der Waals surface area contributed by atoms with Gasteiger partial charge in [-0.3, -0.25) is 9.55 Å². The summed E-state index contributed by atoms with van der Waals surface area (Å²) in [5.74, 6) is 0.831. The maximum atomic E-state index is 11.4. The average molecular weight is 987 g/mol. The van der Waals surface area contributed by atoms with E-state index in [0.29, 0.717) is 11.4 Å². The number of imidazole rings is 1. The maximum absolute atomic E-state index is 11.4. The fraction of sp³-hybridized carbons (Fsp3) is 0.143.